The Morgan fingerprint density at radius 3 is 2.82 bits per heavy atom. The summed E-state index contributed by atoms with van der Waals surface area (Å²) in [6.45, 7) is 7.46. The summed E-state index contributed by atoms with van der Waals surface area (Å²) in [5, 5.41) is 4.11. The fourth-order valence-corrected chi connectivity index (χ4v) is 1.59. The van der Waals surface area contributed by atoms with Crippen molar-refractivity contribution >= 4 is 6.09 Å². The van der Waals surface area contributed by atoms with E-state index in [4.69, 9.17) is 4.74 Å². The number of aromatic nitrogens is 2. The average molecular weight is 281 g/mol. The van der Waals surface area contributed by atoms with E-state index in [2.05, 4.69) is 11.2 Å². The van der Waals surface area contributed by atoms with E-state index in [1.54, 1.807) is 11.1 Å². The summed E-state index contributed by atoms with van der Waals surface area (Å²) in [5.41, 5.74) is 0.482. The molecule has 0 aromatic carbocycles. The van der Waals surface area contributed by atoms with Crippen LogP contribution in [0, 0.1) is 6.07 Å². The first-order valence-corrected chi connectivity index (χ1v) is 5.36. The molecule has 1 radical (unpaired) electrons. The zero-order valence-corrected chi connectivity index (χ0v) is 11.2. The Morgan fingerprint density at radius 2 is 2.18 bits per heavy atom. The van der Waals surface area contributed by atoms with E-state index in [0.29, 0.717) is 19.6 Å². The molecule has 0 spiro atoms. The first-order valence-electron chi connectivity index (χ1n) is 5.36. The summed E-state index contributed by atoms with van der Waals surface area (Å²) < 4.78 is 7.17. The number of nitrogens with zero attached hydrogens (tertiary/aromatic N) is 3. The molecule has 97 valence electrons. The molecule has 1 aliphatic heterocycles. The summed E-state index contributed by atoms with van der Waals surface area (Å²) in [6, 6.07) is 3.01. The standard InChI is InChI=1S/C11H16N3O2.Co/c1-11(2,3)16-10(15)13-6-7-14-9(8-13)4-5-12-14;/h5H,6-8H2,1-3H3;/q-1;. The minimum Gasteiger partial charge on any atom is -0.444 e. The van der Waals surface area contributed by atoms with E-state index >= 15 is 0 Å². The van der Waals surface area contributed by atoms with Crippen LogP contribution in [0.3, 0.4) is 0 Å². The molecule has 0 fully saturated rings. The van der Waals surface area contributed by atoms with Crippen molar-refractivity contribution in [2.75, 3.05) is 6.54 Å². The molecule has 0 saturated carbocycles. The normalized spacial score (nSPS) is 14.9. The van der Waals surface area contributed by atoms with Gasteiger partial charge < -0.3 is 20.4 Å². The van der Waals surface area contributed by atoms with E-state index in [-0.39, 0.29) is 22.9 Å². The smallest absolute Gasteiger partial charge is 0.410 e. The van der Waals surface area contributed by atoms with Gasteiger partial charge in [0.2, 0.25) is 0 Å². The fraction of sp³-hybridized carbons (Fsp3) is 0.636. The summed E-state index contributed by atoms with van der Waals surface area (Å²) in [6.07, 6.45) is 1.36. The van der Waals surface area contributed by atoms with Crippen LogP contribution in [0.2, 0.25) is 0 Å². The second kappa shape index (κ2) is 5.10. The van der Waals surface area contributed by atoms with E-state index in [1.807, 2.05) is 25.5 Å². The predicted octanol–water partition coefficient (Wildman–Crippen LogP) is 1.43. The Kier molecular flexibility index (Phi) is 4.21. The zero-order valence-electron chi connectivity index (χ0n) is 10.2. The molecule has 1 amide bonds. The predicted molar refractivity (Wildman–Crippen MR) is 57.7 cm³/mol. The summed E-state index contributed by atoms with van der Waals surface area (Å²) in [5.74, 6) is 0. The Labute approximate surface area is 111 Å². The quantitative estimate of drug-likeness (QED) is 0.676. The van der Waals surface area contributed by atoms with Gasteiger partial charge in [-0.2, -0.15) is 0 Å². The maximum Gasteiger partial charge on any atom is 0.410 e. The Hall–Kier alpha value is -1.01. The van der Waals surface area contributed by atoms with Gasteiger partial charge in [-0.15, -0.1) is 11.9 Å². The van der Waals surface area contributed by atoms with Gasteiger partial charge in [-0.25, -0.2) is 9.89 Å². The zero-order chi connectivity index (χ0) is 11.8. The van der Waals surface area contributed by atoms with Crippen LogP contribution in [0.1, 0.15) is 26.5 Å². The Balaban J connectivity index is 0.00000144. The second-order valence-corrected chi connectivity index (χ2v) is 4.86. The SMILES string of the molecule is CC(C)(C)OC(=O)N1CCn2nc[c-]c2C1.[Co]. The van der Waals surface area contributed by atoms with Crippen molar-refractivity contribution in [1.82, 2.24) is 14.7 Å². The molecule has 6 heteroatoms. The fourth-order valence-electron chi connectivity index (χ4n) is 1.59. The molecule has 0 atom stereocenters. The van der Waals surface area contributed by atoms with E-state index < -0.39 is 5.60 Å². The molecular formula is C11H16CoN3O2-. The summed E-state index contributed by atoms with van der Waals surface area (Å²) >= 11 is 0. The van der Waals surface area contributed by atoms with Crippen LogP contribution in [-0.4, -0.2) is 32.9 Å². The molecule has 2 rings (SSSR count). The third kappa shape index (κ3) is 3.47. The van der Waals surface area contributed by atoms with Crippen molar-refractivity contribution < 1.29 is 26.3 Å². The summed E-state index contributed by atoms with van der Waals surface area (Å²) in [4.78, 5) is 13.5. The number of hydrogen-bond donors (Lipinski definition) is 0. The average Bonchev–Trinajstić information content (AvgIpc) is 2.61. The largest absolute Gasteiger partial charge is 0.444 e. The van der Waals surface area contributed by atoms with Gasteiger partial charge >= 0.3 is 6.09 Å². The van der Waals surface area contributed by atoms with Crippen LogP contribution in [0.5, 0.6) is 0 Å². The number of carbonyl (C=O) groups is 1. The number of carbonyl (C=O) groups excluding carboxylic acids is 1. The van der Waals surface area contributed by atoms with Crippen molar-refractivity contribution in [2.45, 2.75) is 39.5 Å². The molecule has 5 nitrogen and oxygen atoms in total. The van der Waals surface area contributed by atoms with Crippen molar-refractivity contribution in [2.24, 2.45) is 0 Å². The number of fused-ring (bicyclic) bond motifs is 1. The van der Waals surface area contributed by atoms with Crippen molar-refractivity contribution in [1.29, 1.82) is 0 Å². The molecule has 1 aromatic rings. The van der Waals surface area contributed by atoms with Crippen LogP contribution < -0.4 is 0 Å². The topological polar surface area (TPSA) is 47.4 Å². The minimum absolute atomic E-state index is 0. The van der Waals surface area contributed by atoms with Gasteiger partial charge in [0.25, 0.3) is 0 Å². The molecule has 0 aliphatic carbocycles. The first-order chi connectivity index (χ1) is 7.46. The van der Waals surface area contributed by atoms with Crippen molar-refractivity contribution in [3.8, 4) is 0 Å². The third-order valence-electron chi connectivity index (χ3n) is 2.31. The molecule has 0 N–H and O–H groups in total. The van der Waals surface area contributed by atoms with Gasteiger partial charge in [-0.05, 0) is 20.8 Å². The van der Waals surface area contributed by atoms with Crippen LogP contribution in [-0.2, 0) is 34.6 Å². The van der Waals surface area contributed by atoms with Gasteiger partial charge in [0.1, 0.15) is 5.60 Å². The van der Waals surface area contributed by atoms with Gasteiger partial charge in [0, 0.05) is 29.9 Å². The molecule has 17 heavy (non-hydrogen) atoms. The monoisotopic (exact) mass is 281 g/mol. The van der Waals surface area contributed by atoms with Crippen LogP contribution in [0.15, 0.2) is 6.20 Å². The van der Waals surface area contributed by atoms with Crippen LogP contribution in [0.4, 0.5) is 4.79 Å². The maximum absolute atomic E-state index is 11.8. The first kappa shape index (κ1) is 14.0. The Bertz CT molecular complexity index is 398. The summed E-state index contributed by atoms with van der Waals surface area (Å²) in [7, 11) is 0. The van der Waals surface area contributed by atoms with Crippen molar-refractivity contribution in [3.05, 3.63) is 18.0 Å². The van der Waals surface area contributed by atoms with Crippen LogP contribution >= 0.6 is 0 Å². The molecule has 1 aromatic heterocycles. The molecule has 1 aliphatic rings. The number of rotatable bonds is 0. The number of amides is 1. The van der Waals surface area contributed by atoms with Crippen molar-refractivity contribution in [3.63, 3.8) is 0 Å². The minimum atomic E-state index is -0.446. The van der Waals surface area contributed by atoms with Gasteiger partial charge in [0.15, 0.2) is 0 Å². The van der Waals surface area contributed by atoms with Gasteiger partial charge in [-0.1, -0.05) is 0 Å². The van der Waals surface area contributed by atoms with E-state index in [9.17, 15) is 4.79 Å². The van der Waals surface area contributed by atoms with E-state index in [0.717, 1.165) is 5.69 Å². The Morgan fingerprint density at radius 1 is 1.47 bits per heavy atom. The number of ether oxygens (including phenoxy) is 1. The molecule has 0 unspecified atom stereocenters. The van der Waals surface area contributed by atoms with Crippen LogP contribution in [0.25, 0.3) is 0 Å². The van der Waals surface area contributed by atoms with Gasteiger partial charge in [-0.3, -0.25) is 0 Å². The maximum atomic E-state index is 11.8. The third-order valence-corrected chi connectivity index (χ3v) is 2.31. The molecule has 2 heterocycles. The van der Waals surface area contributed by atoms with E-state index in [1.165, 1.54) is 0 Å². The second-order valence-electron chi connectivity index (χ2n) is 4.86. The van der Waals surface area contributed by atoms with Gasteiger partial charge in [0.05, 0.1) is 6.54 Å². The molecule has 0 bridgehead atoms. The number of hydrogen-bond acceptors (Lipinski definition) is 3. The molecular weight excluding hydrogens is 265 g/mol. The molecule has 0 saturated heterocycles.